The summed E-state index contributed by atoms with van der Waals surface area (Å²) in [6.45, 7) is 2.89. The Labute approximate surface area is 127 Å². The summed E-state index contributed by atoms with van der Waals surface area (Å²) in [5, 5.41) is 15.1. The van der Waals surface area contributed by atoms with E-state index in [-0.39, 0.29) is 18.6 Å². The van der Waals surface area contributed by atoms with Gasteiger partial charge in [0.15, 0.2) is 0 Å². The molecule has 1 rings (SSSR count). The molecular formula is C15H29N3O3. The van der Waals surface area contributed by atoms with Crippen LogP contribution in [0.15, 0.2) is 0 Å². The summed E-state index contributed by atoms with van der Waals surface area (Å²) in [5.41, 5.74) is -0.793. The Morgan fingerprint density at radius 2 is 1.76 bits per heavy atom. The Bertz CT molecular complexity index is 350. The zero-order valence-electron chi connectivity index (χ0n) is 13.4. The number of amides is 2. The molecule has 1 unspecified atom stereocenters. The molecule has 1 atom stereocenters. The molecule has 21 heavy (non-hydrogen) atoms. The van der Waals surface area contributed by atoms with Gasteiger partial charge in [0.05, 0.1) is 5.41 Å². The predicted octanol–water partition coefficient (Wildman–Crippen LogP) is 1.66. The van der Waals surface area contributed by atoms with E-state index in [4.69, 9.17) is 0 Å². The van der Waals surface area contributed by atoms with E-state index in [0.717, 1.165) is 32.2 Å². The molecule has 1 aliphatic carbocycles. The lowest BCUT2D eigenvalue weighted by molar-refractivity contribution is -0.149. The van der Waals surface area contributed by atoms with Crippen LogP contribution in [-0.4, -0.2) is 55.2 Å². The van der Waals surface area contributed by atoms with E-state index in [1.54, 1.807) is 0 Å². The highest BCUT2D eigenvalue weighted by atomic mass is 16.4. The maximum absolute atomic E-state index is 11.9. The van der Waals surface area contributed by atoms with Gasteiger partial charge in [-0.05, 0) is 33.9 Å². The highest BCUT2D eigenvalue weighted by molar-refractivity contribution is 5.78. The van der Waals surface area contributed by atoms with Gasteiger partial charge in [-0.3, -0.25) is 4.79 Å². The third-order valence-electron chi connectivity index (χ3n) is 4.12. The van der Waals surface area contributed by atoms with E-state index in [2.05, 4.69) is 10.6 Å². The van der Waals surface area contributed by atoms with Crippen molar-refractivity contribution in [1.29, 1.82) is 0 Å². The fraction of sp³-hybridized carbons (Fsp3) is 0.867. The van der Waals surface area contributed by atoms with Crippen molar-refractivity contribution >= 4 is 12.0 Å². The van der Waals surface area contributed by atoms with Crippen LogP contribution >= 0.6 is 0 Å². The molecular weight excluding hydrogens is 270 g/mol. The lowest BCUT2D eigenvalue weighted by Crippen LogP contribution is -2.49. The van der Waals surface area contributed by atoms with Crippen molar-refractivity contribution in [2.75, 3.05) is 27.2 Å². The standard InChI is InChI=1S/C15H29N3O3/c1-12(10-18(2)3)17-14(21)16-11-15(13(19)20)8-6-4-5-7-9-15/h12H,4-11H2,1-3H3,(H,19,20)(H2,16,17,21). The topological polar surface area (TPSA) is 81.7 Å². The van der Waals surface area contributed by atoms with Crippen LogP contribution in [0.2, 0.25) is 0 Å². The molecule has 1 fully saturated rings. The van der Waals surface area contributed by atoms with E-state index in [1.807, 2.05) is 25.9 Å². The number of urea groups is 1. The molecule has 0 saturated heterocycles. The number of nitrogens with zero attached hydrogens (tertiary/aromatic N) is 1. The Morgan fingerprint density at radius 3 is 2.24 bits per heavy atom. The third-order valence-corrected chi connectivity index (χ3v) is 4.12. The molecule has 6 nitrogen and oxygen atoms in total. The number of rotatable bonds is 6. The first-order valence-electron chi connectivity index (χ1n) is 7.78. The molecule has 0 aromatic heterocycles. The number of aliphatic carboxylic acids is 1. The van der Waals surface area contributed by atoms with Crippen LogP contribution in [0.25, 0.3) is 0 Å². The van der Waals surface area contributed by atoms with Gasteiger partial charge in [-0.15, -0.1) is 0 Å². The predicted molar refractivity (Wildman–Crippen MR) is 82.3 cm³/mol. The van der Waals surface area contributed by atoms with Gasteiger partial charge in [-0.2, -0.15) is 0 Å². The van der Waals surface area contributed by atoms with E-state index >= 15 is 0 Å². The molecule has 0 spiro atoms. The first-order chi connectivity index (χ1) is 9.85. The molecule has 1 aliphatic rings. The van der Waals surface area contributed by atoms with E-state index < -0.39 is 11.4 Å². The van der Waals surface area contributed by atoms with E-state index in [1.165, 1.54) is 0 Å². The van der Waals surface area contributed by atoms with Gasteiger partial charge >= 0.3 is 12.0 Å². The number of carbonyl (C=O) groups excluding carboxylic acids is 1. The molecule has 0 aliphatic heterocycles. The summed E-state index contributed by atoms with van der Waals surface area (Å²) in [4.78, 5) is 25.5. The second-order valence-corrected chi connectivity index (χ2v) is 6.49. The molecule has 122 valence electrons. The smallest absolute Gasteiger partial charge is 0.315 e. The number of nitrogens with one attached hydrogen (secondary N) is 2. The van der Waals surface area contributed by atoms with Gasteiger partial charge in [0.1, 0.15) is 0 Å². The van der Waals surface area contributed by atoms with E-state index in [0.29, 0.717) is 12.8 Å². The van der Waals surface area contributed by atoms with Crippen molar-refractivity contribution in [2.24, 2.45) is 5.41 Å². The highest BCUT2D eigenvalue weighted by Gasteiger charge is 2.38. The summed E-state index contributed by atoms with van der Waals surface area (Å²) in [6, 6.07) is -0.260. The number of likely N-dealkylation sites (N-methyl/N-ethyl adjacent to an activating group) is 1. The molecule has 3 N–H and O–H groups in total. The van der Waals surface area contributed by atoms with Gasteiger partial charge in [0.25, 0.3) is 0 Å². The van der Waals surface area contributed by atoms with Gasteiger partial charge < -0.3 is 20.6 Å². The fourth-order valence-electron chi connectivity index (χ4n) is 2.99. The first-order valence-corrected chi connectivity index (χ1v) is 7.78. The van der Waals surface area contributed by atoms with Crippen molar-refractivity contribution in [2.45, 2.75) is 51.5 Å². The molecule has 0 heterocycles. The van der Waals surface area contributed by atoms with Crippen LogP contribution < -0.4 is 10.6 Å². The minimum Gasteiger partial charge on any atom is -0.481 e. The molecule has 1 saturated carbocycles. The summed E-state index contributed by atoms with van der Waals surface area (Å²) in [7, 11) is 3.89. The fourth-order valence-corrected chi connectivity index (χ4v) is 2.99. The lowest BCUT2D eigenvalue weighted by atomic mass is 9.80. The van der Waals surface area contributed by atoms with Gasteiger partial charge in [-0.1, -0.05) is 25.7 Å². The quantitative estimate of drug-likeness (QED) is 0.652. The maximum atomic E-state index is 11.9. The Hall–Kier alpha value is -1.30. The molecule has 6 heteroatoms. The molecule has 2 amide bonds. The van der Waals surface area contributed by atoms with Gasteiger partial charge in [0, 0.05) is 19.1 Å². The van der Waals surface area contributed by atoms with Crippen LogP contribution in [-0.2, 0) is 4.79 Å². The zero-order valence-corrected chi connectivity index (χ0v) is 13.4. The van der Waals surface area contributed by atoms with E-state index in [9.17, 15) is 14.7 Å². The van der Waals surface area contributed by atoms with Crippen molar-refractivity contribution in [3.8, 4) is 0 Å². The molecule has 0 aromatic carbocycles. The molecule has 0 bridgehead atoms. The third kappa shape index (κ3) is 5.91. The summed E-state index contributed by atoms with van der Waals surface area (Å²) >= 11 is 0. The average molecular weight is 299 g/mol. The Morgan fingerprint density at radius 1 is 1.19 bits per heavy atom. The second-order valence-electron chi connectivity index (χ2n) is 6.49. The largest absolute Gasteiger partial charge is 0.481 e. The lowest BCUT2D eigenvalue weighted by Gasteiger charge is -2.28. The van der Waals surface area contributed by atoms with Crippen LogP contribution in [0.1, 0.15) is 45.4 Å². The number of hydrogen-bond donors (Lipinski definition) is 3. The summed E-state index contributed by atoms with van der Waals surface area (Å²) < 4.78 is 0. The monoisotopic (exact) mass is 299 g/mol. The minimum absolute atomic E-state index is 0.0231. The second kappa shape index (κ2) is 8.22. The Balaban J connectivity index is 2.49. The highest BCUT2D eigenvalue weighted by Crippen LogP contribution is 2.34. The normalized spacial score (nSPS) is 19.6. The van der Waals surface area contributed by atoms with Crippen molar-refractivity contribution < 1.29 is 14.7 Å². The summed E-state index contributed by atoms with van der Waals surface area (Å²) in [5.74, 6) is -0.786. The number of hydrogen-bond acceptors (Lipinski definition) is 3. The number of carboxylic acid groups (broad SMARTS) is 1. The SMILES string of the molecule is CC(CN(C)C)NC(=O)NCC1(C(=O)O)CCCCCC1. The number of carbonyl (C=O) groups is 2. The minimum atomic E-state index is -0.793. The van der Waals surface area contributed by atoms with Gasteiger partial charge in [-0.25, -0.2) is 4.79 Å². The van der Waals surface area contributed by atoms with Crippen molar-refractivity contribution in [1.82, 2.24) is 15.5 Å². The van der Waals surface area contributed by atoms with Gasteiger partial charge in [0.2, 0.25) is 0 Å². The van der Waals surface area contributed by atoms with Crippen LogP contribution in [0, 0.1) is 5.41 Å². The van der Waals surface area contributed by atoms with Crippen molar-refractivity contribution in [3.05, 3.63) is 0 Å². The van der Waals surface area contributed by atoms with Crippen molar-refractivity contribution in [3.63, 3.8) is 0 Å². The molecule has 0 aromatic rings. The first kappa shape index (κ1) is 17.8. The number of carboxylic acids is 1. The zero-order chi connectivity index (χ0) is 15.9. The van der Waals surface area contributed by atoms with Crippen LogP contribution in [0.5, 0.6) is 0 Å². The Kier molecular flexibility index (Phi) is 6.95. The summed E-state index contributed by atoms with van der Waals surface area (Å²) in [6.07, 6.45) is 5.31. The van der Waals surface area contributed by atoms with Crippen LogP contribution in [0.4, 0.5) is 4.79 Å². The average Bonchev–Trinajstić information content (AvgIpc) is 2.61. The molecule has 0 radical (unpaired) electrons. The van der Waals surface area contributed by atoms with Crippen LogP contribution in [0.3, 0.4) is 0 Å². The maximum Gasteiger partial charge on any atom is 0.315 e.